The minimum atomic E-state index is 1.07. The van der Waals surface area contributed by atoms with E-state index in [0.717, 1.165) is 11.8 Å². The number of H-pyrrole nitrogens is 1. The average molecular weight is 288 g/mol. The van der Waals surface area contributed by atoms with Crippen molar-refractivity contribution in [2.75, 3.05) is 5.33 Å². The van der Waals surface area contributed by atoms with E-state index in [0.29, 0.717) is 0 Å². The monoisotopic (exact) mass is 287 g/mol. The van der Waals surface area contributed by atoms with Crippen molar-refractivity contribution in [3.05, 3.63) is 48.0 Å². The Morgan fingerprint density at radius 3 is 2.65 bits per heavy atom. The number of aryl methyl sites for hydroxylation is 1. The van der Waals surface area contributed by atoms with Crippen molar-refractivity contribution in [3.63, 3.8) is 0 Å². The van der Waals surface area contributed by atoms with Gasteiger partial charge in [0.15, 0.2) is 0 Å². The number of nitrogens with one attached hydrogen (secondary N) is 1. The van der Waals surface area contributed by atoms with Crippen molar-refractivity contribution >= 4 is 37.7 Å². The first-order valence-corrected chi connectivity index (χ1v) is 7.06. The van der Waals surface area contributed by atoms with Crippen molar-refractivity contribution in [1.82, 2.24) is 4.98 Å². The van der Waals surface area contributed by atoms with Crippen LogP contribution in [0.2, 0.25) is 0 Å². The van der Waals surface area contributed by atoms with Crippen LogP contribution in [-0.2, 0) is 6.42 Å². The summed E-state index contributed by atoms with van der Waals surface area (Å²) in [6.45, 7) is 0. The van der Waals surface area contributed by atoms with Crippen molar-refractivity contribution in [2.45, 2.75) is 12.8 Å². The van der Waals surface area contributed by atoms with Gasteiger partial charge in [0.25, 0.3) is 0 Å². The number of rotatable bonds is 3. The van der Waals surface area contributed by atoms with Crippen LogP contribution in [0.5, 0.6) is 0 Å². The summed E-state index contributed by atoms with van der Waals surface area (Å²) in [4.78, 5) is 3.45. The van der Waals surface area contributed by atoms with Crippen LogP contribution in [0.4, 0.5) is 0 Å². The summed E-state index contributed by atoms with van der Waals surface area (Å²) < 4.78 is 0. The van der Waals surface area contributed by atoms with E-state index in [1.54, 1.807) is 0 Å². The molecule has 0 aliphatic carbocycles. The molecule has 3 aromatic rings. The van der Waals surface area contributed by atoms with Crippen LogP contribution < -0.4 is 0 Å². The predicted octanol–water partition coefficient (Wildman–Crippen LogP) is 4.65. The van der Waals surface area contributed by atoms with Gasteiger partial charge in [-0.3, -0.25) is 0 Å². The molecule has 3 rings (SSSR count). The van der Waals surface area contributed by atoms with Crippen molar-refractivity contribution in [1.29, 1.82) is 0 Å². The van der Waals surface area contributed by atoms with E-state index in [1.165, 1.54) is 33.8 Å². The third-order valence-corrected chi connectivity index (χ3v) is 3.73. The van der Waals surface area contributed by atoms with E-state index in [2.05, 4.69) is 63.4 Å². The molecule has 0 bridgehead atoms. The molecule has 86 valence electrons. The van der Waals surface area contributed by atoms with Crippen LogP contribution in [0.3, 0.4) is 0 Å². The number of hydrogen-bond acceptors (Lipinski definition) is 0. The van der Waals surface area contributed by atoms with Gasteiger partial charge in [0.2, 0.25) is 0 Å². The molecular weight excluding hydrogens is 274 g/mol. The molecule has 0 aliphatic rings. The minimum Gasteiger partial charge on any atom is -0.355 e. The van der Waals surface area contributed by atoms with Gasteiger partial charge >= 0.3 is 0 Å². The first-order valence-electron chi connectivity index (χ1n) is 5.94. The number of hydrogen-bond donors (Lipinski definition) is 1. The molecule has 2 heteroatoms. The Balaban J connectivity index is 2.16. The Labute approximate surface area is 109 Å². The van der Waals surface area contributed by atoms with Gasteiger partial charge in [-0.05, 0) is 36.6 Å². The molecule has 1 nitrogen and oxygen atoms in total. The molecule has 0 unspecified atom stereocenters. The smallest absolute Gasteiger partial charge is 0.0465 e. The second-order valence-corrected chi connectivity index (χ2v) is 5.14. The van der Waals surface area contributed by atoms with Gasteiger partial charge < -0.3 is 4.98 Å². The van der Waals surface area contributed by atoms with Crippen LogP contribution in [0.15, 0.2) is 42.5 Å². The van der Waals surface area contributed by atoms with E-state index < -0.39 is 0 Å². The maximum Gasteiger partial charge on any atom is 0.0465 e. The van der Waals surface area contributed by atoms with E-state index in [9.17, 15) is 0 Å². The zero-order chi connectivity index (χ0) is 11.7. The van der Waals surface area contributed by atoms with E-state index in [1.807, 2.05) is 0 Å². The standard InChI is InChI=1S/C15H14BrN/c16-9-3-4-11-7-8-15-13(10-11)12-5-1-2-6-14(12)17-15/h1-2,5-8,10,17H,3-4,9H2. The highest BCUT2D eigenvalue weighted by Crippen LogP contribution is 2.26. The summed E-state index contributed by atoms with van der Waals surface area (Å²) >= 11 is 3.48. The molecular formula is C15H14BrN. The molecule has 1 heterocycles. The molecule has 0 aliphatic heterocycles. The summed E-state index contributed by atoms with van der Waals surface area (Å²) in [6, 6.07) is 15.2. The Hall–Kier alpha value is -1.28. The van der Waals surface area contributed by atoms with E-state index in [-0.39, 0.29) is 0 Å². The second kappa shape index (κ2) is 4.53. The molecule has 2 aromatic carbocycles. The quantitative estimate of drug-likeness (QED) is 0.675. The first kappa shape index (κ1) is 10.8. The van der Waals surface area contributed by atoms with Crippen LogP contribution in [0.25, 0.3) is 21.8 Å². The van der Waals surface area contributed by atoms with Gasteiger partial charge in [-0.1, -0.05) is 40.2 Å². The predicted molar refractivity (Wildman–Crippen MR) is 77.9 cm³/mol. The Bertz CT molecular complexity index is 654. The molecule has 1 N–H and O–H groups in total. The molecule has 0 atom stereocenters. The van der Waals surface area contributed by atoms with Gasteiger partial charge in [-0.15, -0.1) is 0 Å². The van der Waals surface area contributed by atoms with Crippen molar-refractivity contribution in [2.24, 2.45) is 0 Å². The zero-order valence-electron chi connectivity index (χ0n) is 9.54. The van der Waals surface area contributed by atoms with Gasteiger partial charge in [-0.25, -0.2) is 0 Å². The number of alkyl halides is 1. The maximum atomic E-state index is 3.48. The number of benzene rings is 2. The van der Waals surface area contributed by atoms with Crippen molar-refractivity contribution < 1.29 is 0 Å². The zero-order valence-corrected chi connectivity index (χ0v) is 11.1. The molecule has 0 spiro atoms. The number of aromatic amines is 1. The highest BCUT2D eigenvalue weighted by atomic mass is 79.9. The summed E-state index contributed by atoms with van der Waals surface area (Å²) in [7, 11) is 0. The summed E-state index contributed by atoms with van der Waals surface area (Å²) in [5.41, 5.74) is 3.87. The van der Waals surface area contributed by atoms with Gasteiger partial charge in [0, 0.05) is 27.1 Å². The lowest BCUT2D eigenvalue weighted by Crippen LogP contribution is -1.85. The largest absolute Gasteiger partial charge is 0.355 e. The van der Waals surface area contributed by atoms with Crippen LogP contribution in [0.1, 0.15) is 12.0 Å². The summed E-state index contributed by atoms with van der Waals surface area (Å²) in [5.74, 6) is 0. The number of halogens is 1. The van der Waals surface area contributed by atoms with Gasteiger partial charge in [0.1, 0.15) is 0 Å². The second-order valence-electron chi connectivity index (χ2n) is 4.34. The lowest BCUT2D eigenvalue weighted by molar-refractivity contribution is 0.941. The number of para-hydroxylation sites is 1. The normalized spacial score (nSPS) is 11.4. The topological polar surface area (TPSA) is 15.8 Å². The fraction of sp³-hybridized carbons (Fsp3) is 0.200. The van der Waals surface area contributed by atoms with Gasteiger partial charge in [-0.2, -0.15) is 0 Å². The first-order chi connectivity index (χ1) is 8.38. The fourth-order valence-corrected chi connectivity index (χ4v) is 2.60. The molecule has 17 heavy (non-hydrogen) atoms. The molecule has 0 amide bonds. The van der Waals surface area contributed by atoms with Crippen LogP contribution in [0, 0.1) is 0 Å². The SMILES string of the molecule is BrCCCc1ccc2[nH]c3ccccc3c2c1. The summed E-state index contributed by atoms with van der Waals surface area (Å²) in [6.07, 6.45) is 2.33. The third-order valence-electron chi connectivity index (χ3n) is 3.17. The van der Waals surface area contributed by atoms with Gasteiger partial charge in [0.05, 0.1) is 0 Å². The number of fused-ring (bicyclic) bond motifs is 3. The van der Waals surface area contributed by atoms with Crippen LogP contribution >= 0.6 is 15.9 Å². The van der Waals surface area contributed by atoms with Crippen LogP contribution in [-0.4, -0.2) is 10.3 Å². The molecule has 0 saturated heterocycles. The highest BCUT2D eigenvalue weighted by Gasteiger charge is 2.03. The number of aromatic nitrogens is 1. The Morgan fingerprint density at radius 1 is 0.941 bits per heavy atom. The Morgan fingerprint density at radius 2 is 1.76 bits per heavy atom. The average Bonchev–Trinajstić information content (AvgIpc) is 2.74. The molecule has 0 fully saturated rings. The Kier molecular flexibility index (Phi) is 2.89. The molecule has 0 radical (unpaired) electrons. The molecule has 1 aromatic heterocycles. The highest BCUT2D eigenvalue weighted by molar-refractivity contribution is 9.09. The summed E-state index contributed by atoms with van der Waals surface area (Å²) in [5, 5.41) is 3.73. The van der Waals surface area contributed by atoms with E-state index >= 15 is 0 Å². The lowest BCUT2D eigenvalue weighted by Gasteiger charge is -1.99. The molecule has 0 saturated carbocycles. The minimum absolute atomic E-state index is 1.07. The lowest BCUT2D eigenvalue weighted by atomic mass is 10.1. The maximum absolute atomic E-state index is 3.48. The fourth-order valence-electron chi connectivity index (χ4n) is 2.32. The van der Waals surface area contributed by atoms with Crippen molar-refractivity contribution in [3.8, 4) is 0 Å². The van der Waals surface area contributed by atoms with E-state index in [4.69, 9.17) is 0 Å². The third kappa shape index (κ3) is 1.98.